The van der Waals surface area contributed by atoms with Crippen molar-refractivity contribution in [2.75, 3.05) is 19.3 Å². The first kappa shape index (κ1) is 15.4. The van der Waals surface area contributed by atoms with Crippen molar-refractivity contribution in [3.63, 3.8) is 0 Å². The van der Waals surface area contributed by atoms with E-state index in [0.29, 0.717) is 6.07 Å². The van der Waals surface area contributed by atoms with Crippen molar-refractivity contribution < 1.29 is 14.1 Å². The highest BCUT2D eigenvalue weighted by Crippen LogP contribution is 2.25. The van der Waals surface area contributed by atoms with Crippen molar-refractivity contribution in [1.29, 1.82) is 5.26 Å². The zero-order chi connectivity index (χ0) is 15.4. The van der Waals surface area contributed by atoms with E-state index in [-0.39, 0.29) is 17.8 Å². The Morgan fingerprint density at radius 1 is 1.65 bits per heavy atom. The minimum atomic E-state index is -0.957. The largest absolute Gasteiger partial charge is 0.396 e. The van der Waals surface area contributed by atoms with Gasteiger partial charge in [0.05, 0.1) is 28.7 Å². The number of nitrogens with two attached hydrogens (primary N) is 1. The average molecular weight is 280 g/mol. The quantitative estimate of drug-likeness (QED) is 0.510. The second-order valence-corrected chi connectivity index (χ2v) is 4.36. The summed E-state index contributed by atoms with van der Waals surface area (Å²) >= 11 is 0. The van der Waals surface area contributed by atoms with E-state index in [1.54, 1.807) is 6.92 Å². The Balaban J connectivity index is 3.18. The van der Waals surface area contributed by atoms with Crippen molar-refractivity contribution in [3.05, 3.63) is 33.6 Å². The van der Waals surface area contributed by atoms with Crippen LogP contribution in [-0.2, 0) is 0 Å². The molecule has 0 saturated heterocycles. The molecule has 1 atom stereocenters. The topological polar surface area (TPSA) is 113 Å². The van der Waals surface area contributed by atoms with Gasteiger partial charge in [0.1, 0.15) is 5.56 Å². The molecular weight excluding hydrogens is 267 g/mol. The molecule has 1 aromatic carbocycles. The number of hydrogen-bond donors (Lipinski definition) is 1. The van der Waals surface area contributed by atoms with Crippen LogP contribution in [-0.4, -0.2) is 29.3 Å². The first-order chi connectivity index (χ1) is 9.27. The molecule has 0 saturated carbocycles. The van der Waals surface area contributed by atoms with Gasteiger partial charge in [-0.05, 0) is 13.0 Å². The lowest BCUT2D eigenvalue weighted by Crippen LogP contribution is -2.31. The van der Waals surface area contributed by atoms with Crippen molar-refractivity contribution in [2.24, 2.45) is 5.92 Å². The zero-order valence-electron chi connectivity index (χ0n) is 11.0. The van der Waals surface area contributed by atoms with Gasteiger partial charge in [0.2, 0.25) is 0 Å². The van der Waals surface area contributed by atoms with Gasteiger partial charge in [-0.15, -0.1) is 0 Å². The van der Waals surface area contributed by atoms with Gasteiger partial charge in [-0.1, -0.05) is 0 Å². The van der Waals surface area contributed by atoms with Crippen LogP contribution in [0.3, 0.4) is 0 Å². The Labute approximate surface area is 114 Å². The molecule has 2 N–H and O–H groups in total. The number of carbonyl (C=O) groups is 1. The van der Waals surface area contributed by atoms with Crippen LogP contribution >= 0.6 is 0 Å². The Morgan fingerprint density at radius 2 is 2.25 bits per heavy atom. The highest BCUT2D eigenvalue weighted by Gasteiger charge is 2.25. The molecule has 1 rings (SSSR count). The van der Waals surface area contributed by atoms with Crippen LogP contribution in [0.2, 0.25) is 0 Å². The van der Waals surface area contributed by atoms with Crippen LogP contribution in [0.5, 0.6) is 0 Å². The van der Waals surface area contributed by atoms with Gasteiger partial charge >= 0.3 is 0 Å². The van der Waals surface area contributed by atoms with E-state index in [1.807, 2.05) is 6.07 Å². The first-order valence-corrected chi connectivity index (χ1v) is 5.66. The molecule has 106 valence electrons. The predicted molar refractivity (Wildman–Crippen MR) is 69.2 cm³/mol. The SMILES string of the molecule is CC(C#N)CN(C)C(=O)c1cc(N)c(F)cc1[N+](=O)[O-]. The van der Waals surface area contributed by atoms with Crippen molar-refractivity contribution in [3.8, 4) is 6.07 Å². The number of carbonyl (C=O) groups excluding carboxylic acids is 1. The number of benzene rings is 1. The third-order valence-corrected chi connectivity index (χ3v) is 2.66. The second-order valence-electron chi connectivity index (χ2n) is 4.36. The van der Waals surface area contributed by atoms with Crippen LogP contribution < -0.4 is 5.73 Å². The van der Waals surface area contributed by atoms with E-state index in [0.717, 1.165) is 11.0 Å². The summed E-state index contributed by atoms with van der Waals surface area (Å²) in [5, 5.41) is 19.6. The van der Waals surface area contributed by atoms with Crippen molar-refractivity contribution in [2.45, 2.75) is 6.92 Å². The number of nitro groups is 1. The maximum absolute atomic E-state index is 13.3. The summed E-state index contributed by atoms with van der Waals surface area (Å²) in [6.07, 6.45) is 0. The maximum atomic E-state index is 13.3. The molecule has 1 amide bonds. The van der Waals surface area contributed by atoms with Gasteiger partial charge in [-0.25, -0.2) is 4.39 Å². The van der Waals surface area contributed by atoms with E-state index in [1.165, 1.54) is 7.05 Å². The molecule has 0 aliphatic carbocycles. The number of rotatable bonds is 4. The number of amides is 1. The average Bonchev–Trinajstić information content (AvgIpc) is 2.39. The molecule has 20 heavy (non-hydrogen) atoms. The molecule has 0 spiro atoms. The molecule has 0 aromatic heterocycles. The molecule has 0 fully saturated rings. The lowest BCUT2D eigenvalue weighted by atomic mass is 10.1. The van der Waals surface area contributed by atoms with Crippen LogP contribution in [0.15, 0.2) is 12.1 Å². The molecule has 0 aliphatic rings. The maximum Gasteiger partial charge on any atom is 0.285 e. The molecule has 1 unspecified atom stereocenters. The number of halogens is 1. The van der Waals surface area contributed by atoms with Gasteiger partial charge in [-0.3, -0.25) is 14.9 Å². The first-order valence-electron chi connectivity index (χ1n) is 5.66. The van der Waals surface area contributed by atoms with Gasteiger partial charge in [0.15, 0.2) is 5.82 Å². The number of nitrogen functional groups attached to an aromatic ring is 1. The van der Waals surface area contributed by atoms with Crippen LogP contribution in [0.1, 0.15) is 17.3 Å². The molecule has 0 bridgehead atoms. The molecule has 0 radical (unpaired) electrons. The lowest BCUT2D eigenvalue weighted by Gasteiger charge is -2.18. The Hall–Kier alpha value is -2.69. The highest BCUT2D eigenvalue weighted by molar-refractivity contribution is 5.99. The van der Waals surface area contributed by atoms with Gasteiger partial charge in [0, 0.05) is 13.6 Å². The van der Waals surface area contributed by atoms with Crippen LogP contribution in [0.25, 0.3) is 0 Å². The standard InChI is InChI=1S/C12H13FN4O3/c1-7(5-14)6-16(2)12(18)8-3-10(15)9(13)4-11(8)17(19)20/h3-4,7H,6,15H2,1-2H3. The fraction of sp³-hybridized carbons (Fsp3) is 0.333. The fourth-order valence-corrected chi connectivity index (χ4v) is 1.64. The fourth-order valence-electron chi connectivity index (χ4n) is 1.64. The number of nitro benzene ring substituents is 1. The summed E-state index contributed by atoms with van der Waals surface area (Å²) in [5.41, 5.74) is 4.03. The van der Waals surface area contributed by atoms with E-state index < -0.39 is 28.3 Å². The summed E-state index contributed by atoms with van der Waals surface area (Å²) in [6, 6.07) is 3.50. The van der Waals surface area contributed by atoms with Gasteiger partial charge in [-0.2, -0.15) is 5.26 Å². The Kier molecular flexibility index (Phi) is 4.59. The van der Waals surface area contributed by atoms with Crippen LogP contribution in [0.4, 0.5) is 15.8 Å². The molecule has 7 nitrogen and oxygen atoms in total. The predicted octanol–water partition coefficient (Wildman–Crippen LogP) is 1.55. The number of nitriles is 1. The smallest absolute Gasteiger partial charge is 0.285 e. The number of nitrogens with zero attached hydrogens (tertiary/aromatic N) is 3. The molecule has 8 heteroatoms. The van der Waals surface area contributed by atoms with E-state index in [4.69, 9.17) is 11.0 Å². The Morgan fingerprint density at radius 3 is 2.75 bits per heavy atom. The zero-order valence-corrected chi connectivity index (χ0v) is 11.0. The summed E-state index contributed by atoms with van der Waals surface area (Å²) in [7, 11) is 1.40. The van der Waals surface area contributed by atoms with E-state index >= 15 is 0 Å². The van der Waals surface area contributed by atoms with Gasteiger partial charge in [0.25, 0.3) is 11.6 Å². The number of anilines is 1. The summed E-state index contributed by atoms with van der Waals surface area (Å²) in [6.45, 7) is 1.71. The molecule has 0 heterocycles. The minimum absolute atomic E-state index is 0.101. The molecular formula is C12H13FN4O3. The van der Waals surface area contributed by atoms with Crippen molar-refractivity contribution in [1.82, 2.24) is 4.90 Å². The number of hydrogen-bond acceptors (Lipinski definition) is 5. The summed E-state index contributed by atoms with van der Waals surface area (Å²) in [4.78, 5) is 23.3. The summed E-state index contributed by atoms with van der Waals surface area (Å²) < 4.78 is 13.3. The van der Waals surface area contributed by atoms with Crippen LogP contribution in [0, 0.1) is 33.2 Å². The highest BCUT2D eigenvalue weighted by atomic mass is 19.1. The van der Waals surface area contributed by atoms with Gasteiger partial charge < -0.3 is 10.6 Å². The monoisotopic (exact) mass is 280 g/mol. The van der Waals surface area contributed by atoms with E-state index in [9.17, 15) is 19.3 Å². The minimum Gasteiger partial charge on any atom is -0.396 e. The lowest BCUT2D eigenvalue weighted by molar-refractivity contribution is -0.385. The molecule has 1 aromatic rings. The third-order valence-electron chi connectivity index (χ3n) is 2.66. The Bertz CT molecular complexity index is 597. The normalized spacial score (nSPS) is 11.5. The second kappa shape index (κ2) is 5.97. The molecule has 0 aliphatic heterocycles. The third kappa shape index (κ3) is 3.20. The van der Waals surface area contributed by atoms with Crippen molar-refractivity contribution >= 4 is 17.3 Å². The van der Waals surface area contributed by atoms with E-state index in [2.05, 4.69) is 0 Å². The summed E-state index contributed by atoms with van der Waals surface area (Å²) in [5.74, 6) is -2.08.